The number of halogens is 2. The van der Waals surface area contributed by atoms with Crippen LogP contribution in [-0.2, 0) is 6.54 Å². The Labute approximate surface area is 129 Å². The molecule has 0 aliphatic heterocycles. The lowest BCUT2D eigenvalue weighted by atomic mass is 10.0. The lowest BCUT2D eigenvalue weighted by molar-refractivity contribution is 0.386. The van der Waals surface area contributed by atoms with Gasteiger partial charge in [0.1, 0.15) is 0 Å². The zero-order valence-electron chi connectivity index (χ0n) is 12.2. The molecule has 0 aromatic heterocycles. The SMILES string of the molecule is CCCNCc1ccc(-c2ccc(OC)c(F)c2)cc1Cl. The molecule has 2 aromatic carbocycles. The van der Waals surface area contributed by atoms with E-state index in [0.717, 1.165) is 36.2 Å². The first kappa shape index (κ1) is 15.8. The van der Waals surface area contributed by atoms with Crippen LogP contribution >= 0.6 is 11.6 Å². The number of rotatable bonds is 6. The Morgan fingerprint density at radius 3 is 2.48 bits per heavy atom. The number of hydrogen-bond donors (Lipinski definition) is 1. The smallest absolute Gasteiger partial charge is 0.165 e. The number of ether oxygens (including phenoxy) is 1. The standard InChI is InChI=1S/C17H19ClFNO/c1-3-8-20-11-14-5-4-12(9-15(14)18)13-6-7-17(21-2)16(19)10-13/h4-7,9-10,20H,3,8,11H2,1-2H3. The molecule has 0 spiro atoms. The largest absolute Gasteiger partial charge is 0.494 e. The van der Waals surface area contributed by atoms with E-state index in [2.05, 4.69) is 12.2 Å². The average Bonchev–Trinajstić information content (AvgIpc) is 2.49. The van der Waals surface area contributed by atoms with Crippen molar-refractivity contribution in [2.45, 2.75) is 19.9 Å². The first-order chi connectivity index (χ1) is 10.2. The van der Waals surface area contributed by atoms with Crippen molar-refractivity contribution < 1.29 is 9.13 Å². The van der Waals surface area contributed by atoms with E-state index in [4.69, 9.17) is 16.3 Å². The van der Waals surface area contributed by atoms with Crippen LogP contribution in [0.15, 0.2) is 36.4 Å². The highest BCUT2D eigenvalue weighted by molar-refractivity contribution is 6.31. The molecule has 0 saturated carbocycles. The summed E-state index contributed by atoms with van der Waals surface area (Å²) in [7, 11) is 1.45. The third-order valence-corrected chi connectivity index (χ3v) is 3.63. The molecule has 0 heterocycles. The maximum absolute atomic E-state index is 13.8. The molecule has 0 aliphatic rings. The van der Waals surface area contributed by atoms with Gasteiger partial charge in [-0.15, -0.1) is 0 Å². The Balaban J connectivity index is 2.21. The fraction of sp³-hybridized carbons (Fsp3) is 0.294. The highest BCUT2D eigenvalue weighted by Crippen LogP contribution is 2.28. The topological polar surface area (TPSA) is 21.3 Å². The minimum absolute atomic E-state index is 0.241. The van der Waals surface area contributed by atoms with Crippen molar-refractivity contribution in [3.8, 4) is 16.9 Å². The zero-order chi connectivity index (χ0) is 15.2. The molecule has 4 heteroatoms. The molecule has 112 valence electrons. The van der Waals surface area contributed by atoms with Crippen molar-refractivity contribution in [3.05, 3.63) is 52.8 Å². The summed E-state index contributed by atoms with van der Waals surface area (Å²) in [6, 6.07) is 10.7. The summed E-state index contributed by atoms with van der Waals surface area (Å²) in [5.74, 6) is -0.134. The molecule has 0 fully saturated rings. The Morgan fingerprint density at radius 2 is 1.86 bits per heavy atom. The monoisotopic (exact) mass is 307 g/mol. The van der Waals surface area contributed by atoms with Gasteiger partial charge in [0.2, 0.25) is 0 Å². The Kier molecular flexibility index (Phi) is 5.59. The van der Waals surface area contributed by atoms with Crippen LogP contribution < -0.4 is 10.1 Å². The molecule has 2 rings (SSSR count). The van der Waals surface area contributed by atoms with Gasteiger partial charge in [-0.1, -0.05) is 36.7 Å². The van der Waals surface area contributed by atoms with E-state index in [9.17, 15) is 4.39 Å². The summed E-state index contributed by atoms with van der Waals surface area (Å²) < 4.78 is 18.7. The number of methoxy groups -OCH3 is 1. The molecule has 1 N–H and O–H groups in total. The van der Waals surface area contributed by atoms with E-state index in [-0.39, 0.29) is 11.6 Å². The van der Waals surface area contributed by atoms with Gasteiger partial charge in [0, 0.05) is 11.6 Å². The average molecular weight is 308 g/mol. The Hall–Kier alpha value is -1.58. The van der Waals surface area contributed by atoms with E-state index in [1.165, 1.54) is 13.2 Å². The van der Waals surface area contributed by atoms with Crippen molar-refractivity contribution in [3.63, 3.8) is 0 Å². The molecule has 0 radical (unpaired) electrons. The molecular formula is C17H19ClFNO. The lowest BCUT2D eigenvalue weighted by Crippen LogP contribution is -2.13. The van der Waals surface area contributed by atoms with Crippen LogP contribution in [-0.4, -0.2) is 13.7 Å². The highest BCUT2D eigenvalue weighted by atomic mass is 35.5. The quantitative estimate of drug-likeness (QED) is 0.784. The zero-order valence-corrected chi connectivity index (χ0v) is 13.0. The summed E-state index contributed by atoms with van der Waals surface area (Å²) in [6.07, 6.45) is 1.08. The van der Waals surface area contributed by atoms with Gasteiger partial charge in [-0.25, -0.2) is 4.39 Å². The molecule has 0 atom stereocenters. The Bertz CT molecular complexity index is 616. The van der Waals surface area contributed by atoms with Gasteiger partial charge in [0.05, 0.1) is 7.11 Å². The van der Waals surface area contributed by atoms with Gasteiger partial charge in [0.15, 0.2) is 11.6 Å². The summed E-state index contributed by atoms with van der Waals surface area (Å²) >= 11 is 6.30. The number of benzene rings is 2. The van der Waals surface area contributed by atoms with Crippen LogP contribution in [0.3, 0.4) is 0 Å². The molecule has 0 unspecified atom stereocenters. The fourth-order valence-corrected chi connectivity index (χ4v) is 2.36. The summed E-state index contributed by atoms with van der Waals surface area (Å²) in [6.45, 7) is 3.82. The van der Waals surface area contributed by atoms with Crippen LogP contribution in [0.5, 0.6) is 5.75 Å². The molecule has 2 aromatic rings. The van der Waals surface area contributed by atoms with Crippen LogP contribution in [0.1, 0.15) is 18.9 Å². The maximum atomic E-state index is 13.8. The van der Waals surface area contributed by atoms with Gasteiger partial charge in [0.25, 0.3) is 0 Å². The molecule has 2 nitrogen and oxygen atoms in total. The van der Waals surface area contributed by atoms with Gasteiger partial charge in [-0.05, 0) is 47.9 Å². The normalized spacial score (nSPS) is 10.7. The van der Waals surface area contributed by atoms with Gasteiger partial charge in [-0.2, -0.15) is 0 Å². The van der Waals surface area contributed by atoms with E-state index < -0.39 is 0 Å². The highest BCUT2D eigenvalue weighted by Gasteiger charge is 2.07. The van der Waals surface area contributed by atoms with E-state index in [1.54, 1.807) is 6.07 Å². The number of nitrogens with one attached hydrogen (secondary N) is 1. The maximum Gasteiger partial charge on any atom is 0.165 e. The molecule has 0 amide bonds. The molecule has 21 heavy (non-hydrogen) atoms. The third-order valence-electron chi connectivity index (χ3n) is 3.28. The van der Waals surface area contributed by atoms with Gasteiger partial charge < -0.3 is 10.1 Å². The molecule has 0 aliphatic carbocycles. The van der Waals surface area contributed by atoms with Gasteiger partial charge >= 0.3 is 0 Å². The van der Waals surface area contributed by atoms with Crippen LogP contribution in [0.4, 0.5) is 4.39 Å². The summed E-state index contributed by atoms with van der Waals surface area (Å²) in [4.78, 5) is 0. The first-order valence-corrected chi connectivity index (χ1v) is 7.36. The predicted octanol–water partition coefficient (Wildman–Crippen LogP) is 4.65. The van der Waals surface area contributed by atoms with Crippen molar-refractivity contribution >= 4 is 11.6 Å². The van der Waals surface area contributed by atoms with E-state index in [0.29, 0.717) is 5.02 Å². The van der Waals surface area contributed by atoms with Crippen LogP contribution in [0.2, 0.25) is 5.02 Å². The molecule has 0 bridgehead atoms. The van der Waals surface area contributed by atoms with Crippen molar-refractivity contribution in [1.29, 1.82) is 0 Å². The molecule has 0 saturated heterocycles. The van der Waals surface area contributed by atoms with Crippen molar-refractivity contribution in [2.75, 3.05) is 13.7 Å². The number of hydrogen-bond acceptors (Lipinski definition) is 2. The third kappa shape index (κ3) is 3.96. The Morgan fingerprint density at radius 1 is 1.14 bits per heavy atom. The van der Waals surface area contributed by atoms with Crippen LogP contribution in [0.25, 0.3) is 11.1 Å². The summed E-state index contributed by atoms with van der Waals surface area (Å²) in [5, 5.41) is 4.00. The molecular weight excluding hydrogens is 289 g/mol. The van der Waals surface area contributed by atoms with E-state index >= 15 is 0 Å². The van der Waals surface area contributed by atoms with Crippen LogP contribution in [0, 0.1) is 5.82 Å². The predicted molar refractivity (Wildman–Crippen MR) is 85.4 cm³/mol. The second kappa shape index (κ2) is 7.43. The fourth-order valence-electron chi connectivity index (χ4n) is 2.12. The van der Waals surface area contributed by atoms with Gasteiger partial charge in [-0.3, -0.25) is 0 Å². The minimum atomic E-state index is -0.375. The minimum Gasteiger partial charge on any atom is -0.494 e. The van der Waals surface area contributed by atoms with Crippen molar-refractivity contribution in [1.82, 2.24) is 5.32 Å². The second-order valence-corrected chi connectivity index (χ2v) is 5.24. The lowest BCUT2D eigenvalue weighted by Gasteiger charge is -2.09. The van der Waals surface area contributed by atoms with E-state index in [1.807, 2.05) is 24.3 Å². The first-order valence-electron chi connectivity index (χ1n) is 6.98. The van der Waals surface area contributed by atoms with Crippen molar-refractivity contribution in [2.24, 2.45) is 0 Å². The second-order valence-electron chi connectivity index (χ2n) is 4.83. The summed E-state index contributed by atoms with van der Waals surface area (Å²) in [5.41, 5.74) is 2.71.